The van der Waals surface area contributed by atoms with Gasteiger partial charge >= 0.3 is 0 Å². The second-order valence-corrected chi connectivity index (χ2v) is 2.82. The van der Waals surface area contributed by atoms with Crippen LogP contribution in [-0.2, 0) is 9.47 Å². The van der Waals surface area contributed by atoms with Crippen LogP contribution in [0.25, 0.3) is 0 Å². The van der Waals surface area contributed by atoms with E-state index in [1.165, 1.54) is 12.1 Å². The van der Waals surface area contributed by atoms with Crippen LogP contribution in [0.4, 0.5) is 0 Å². The zero-order chi connectivity index (χ0) is 9.26. The summed E-state index contributed by atoms with van der Waals surface area (Å²) in [6.07, 6.45) is -0.411. The third kappa shape index (κ3) is 1.59. The molecule has 70 valence electrons. The van der Waals surface area contributed by atoms with Gasteiger partial charge in [-0.2, -0.15) is 0 Å². The maximum absolute atomic E-state index is 9.20. The molecule has 0 bridgehead atoms. The first-order valence-corrected chi connectivity index (χ1v) is 4.02. The Bertz CT molecular complexity index is 304. The van der Waals surface area contributed by atoms with Crippen molar-refractivity contribution >= 4 is 0 Å². The van der Waals surface area contributed by atoms with Gasteiger partial charge in [-0.15, -0.1) is 0 Å². The summed E-state index contributed by atoms with van der Waals surface area (Å²) in [4.78, 5) is 0. The van der Waals surface area contributed by atoms with Gasteiger partial charge in [-0.3, -0.25) is 0 Å². The third-order valence-electron chi connectivity index (χ3n) is 1.89. The molecule has 0 spiro atoms. The average molecular weight is 182 g/mol. The number of hydrogen-bond acceptors (Lipinski definition) is 4. The molecule has 0 unspecified atom stereocenters. The number of rotatable bonds is 1. The van der Waals surface area contributed by atoms with Crippen molar-refractivity contribution in [1.82, 2.24) is 0 Å². The lowest BCUT2D eigenvalue weighted by Crippen LogP contribution is -1.96. The average Bonchev–Trinajstić information content (AvgIpc) is 2.62. The molecule has 2 rings (SSSR count). The maximum Gasteiger partial charge on any atom is 0.184 e. The highest BCUT2D eigenvalue weighted by Gasteiger charge is 2.18. The highest BCUT2D eigenvalue weighted by molar-refractivity contribution is 5.40. The Labute approximate surface area is 75.3 Å². The highest BCUT2D eigenvalue weighted by atomic mass is 16.7. The molecule has 13 heavy (non-hydrogen) atoms. The summed E-state index contributed by atoms with van der Waals surface area (Å²) >= 11 is 0. The summed E-state index contributed by atoms with van der Waals surface area (Å²) in [5, 5.41) is 18.3. The summed E-state index contributed by atoms with van der Waals surface area (Å²) in [7, 11) is 0. The Morgan fingerprint density at radius 1 is 1.08 bits per heavy atom. The normalized spacial score (nSPS) is 17.8. The Morgan fingerprint density at radius 2 is 1.77 bits per heavy atom. The van der Waals surface area contributed by atoms with Gasteiger partial charge in [0.2, 0.25) is 0 Å². The van der Waals surface area contributed by atoms with E-state index in [0.717, 1.165) is 0 Å². The number of hydrogen-bond donors (Lipinski definition) is 2. The third-order valence-corrected chi connectivity index (χ3v) is 1.89. The molecule has 1 heterocycles. The number of phenolic OH excluding ortho intramolecular Hbond substituents is 2. The minimum atomic E-state index is -0.411. The zero-order valence-corrected chi connectivity index (χ0v) is 6.93. The van der Waals surface area contributed by atoms with Crippen molar-refractivity contribution in [1.29, 1.82) is 0 Å². The van der Waals surface area contributed by atoms with Gasteiger partial charge in [-0.05, 0) is 12.1 Å². The van der Waals surface area contributed by atoms with Crippen LogP contribution in [0.1, 0.15) is 11.9 Å². The molecular formula is C9H10O4. The molecule has 0 aromatic heterocycles. The van der Waals surface area contributed by atoms with E-state index in [4.69, 9.17) is 14.6 Å². The minimum Gasteiger partial charge on any atom is -0.504 e. The van der Waals surface area contributed by atoms with Gasteiger partial charge in [-0.25, -0.2) is 0 Å². The van der Waals surface area contributed by atoms with Crippen molar-refractivity contribution in [3.8, 4) is 11.5 Å². The summed E-state index contributed by atoms with van der Waals surface area (Å²) < 4.78 is 10.4. The van der Waals surface area contributed by atoms with E-state index < -0.39 is 6.29 Å². The van der Waals surface area contributed by atoms with E-state index in [9.17, 15) is 5.11 Å². The molecule has 2 N–H and O–H groups in total. The lowest BCUT2D eigenvalue weighted by atomic mass is 10.2. The van der Waals surface area contributed by atoms with Crippen LogP contribution in [-0.4, -0.2) is 23.4 Å². The molecule has 0 saturated carbocycles. The van der Waals surface area contributed by atoms with Crippen LogP contribution in [0.5, 0.6) is 11.5 Å². The van der Waals surface area contributed by atoms with Gasteiger partial charge in [0.25, 0.3) is 0 Å². The van der Waals surface area contributed by atoms with Gasteiger partial charge in [0.05, 0.1) is 13.2 Å². The predicted molar refractivity (Wildman–Crippen MR) is 44.4 cm³/mol. The van der Waals surface area contributed by atoms with Crippen LogP contribution >= 0.6 is 0 Å². The van der Waals surface area contributed by atoms with Gasteiger partial charge in [0.1, 0.15) is 0 Å². The fourth-order valence-electron chi connectivity index (χ4n) is 1.24. The van der Waals surface area contributed by atoms with Crippen LogP contribution in [0.2, 0.25) is 0 Å². The molecule has 0 atom stereocenters. The van der Waals surface area contributed by atoms with Crippen molar-refractivity contribution < 1.29 is 19.7 Å². The van der Waals surface area contributed by atoms with Gasteiger partial charge < -0.3 is 19.7 Å². The first-order chi connectivity index (χ1) is 6.27. The molecule has 1 aromatic carbocycles. The van der Waals surface area contributed by atoms with Crippen molar-refractivity contribution in [2.45, 2.75) is 6.29 Å². The van der Waals surface area contributed by atoms with Gasteiger partial charge in [0, 0.05) is 5.56 Å². The monoisotopic (exact) mass is 182 g/mol. The Balaban J connectivity index is 2.25. The first-order valence-electron chi connectivity index (χ1n) is 4.02. The lowest BCUT2D eigenvalue weighted by molar-refractivity contribution is -0.0442. The fraction of sp³-hybridized carbons (Fsp3) is 0.333. The van der Waals surface area contributed by atoms with E-state index in [-0.39, 0.29) is 11.5 Å². The van der Waals surface area contributed by atoms with E-state index in [1.54, 1.807) is 6.07 Å². The molecule has 4 heteroatoms. The molecule has 4 nitrogen and oxygen atoms in total. The number of ether oxygens (including phenoxy) is 2. The molecule has 1 fully saturated rings. The molecule has 1 aliphatic rings. The smallest absolute Gasteiger partial charge is 0.184 e. The minimum absolute atomic E-state index is 0.137. The Morgan fingerprint density at radius 3 is 2.38 bits per heavy atom. The maximum atomic E-state index is 9.20. The predicted octanol–water partition coefficient (Wildman–Crippen LogP) is 1.14. The van der Waals surface area contributed by atoms with Crippen molar-refractivity contribution in [3.63, 3.8) is 0 Å². The SMILES string of the molecule is Oc1ccc(C2OCCO2)cc1O. The molecule has 0 radical (unpaired) electrons. The van der Waals surface area contributed by atoms with Gasteiger partial charge in [0.15, 0.2) is 17.8 Å². The quantitative estimate of drug-likeness (QED) is 0.639. The fourth-order valence-corrected chi connectivity index (χ4v) is 1.24. The molecule has 0 aliphatic carbocycles. The van der Waals surface area contributed by atoms with Crippen LogP contribution < -0.4 is 0 Å². The first kappa shape index (κ1) is 8.34. The van der Waals surface area contributed by atoms with Crippen LogP contribution in [0, 0.1) is 0 Å². The second kappa shape index (κ2) is 3.24. The summed E-state index contributed by atoms with van der Waals surface area (Å²) in [5.74, 6) is -0.293. The molecular weight excluding hydrogens is 172 g/mol. The zero-order valence-electron chi connectivity index (χ0n) is 6.93. The molecule has 1 saturated heterocycles. The van der Waals surface area contributed by atoms with Gasteiger partial charge in [-0.1, -0.05) is 6.07 Å². The molecule has 0 amide bonds. The lowest BCUT2D eigenvalue weighted by Gasteiger charge is -2.09. The second-order valence-electron chi connectivity index (χ2n) is 2.82. The standard InChI is InChI=1S/C9H10O4/c10-7-2-1-6(5-8(7)11)9-12-3-4-13-9/h1-2,5,9-11H,3-4H2. The van der Waals surface area contributed by atoms with E-state index >= 15 is 0 Å². The van der Waals surface area contributed by atoms with E-state index in [2.05, 4.69) is 0 Å². The van der Waals surface area contributed by atoms with Crippen molar-refractivity contribution in [2.75, 3.05) is 13.2 Å². The summed E-state index contributed by atoms with van der Waals surface area (Å²) in [5.41, 5.74) is 0.716. The van der Waals surface area contributed by atoms with Crippen LogP contribution in [0.3, 0.4) is 0 Å². The summed E-state index contributed by atoms with van der Waals surface area (Å²) in [6, 6.07) is 4.51. The molecule has 1 aromatic rings. The number of benzene rings is 1. The van der Waals surface area contributed by atoms with Crippen molar-refractivity contribution in [3.05, 3.63) is 23.8 Å². The number of aromatic hydroxyl groups is 2. The Kier molecular flexibility index (Phi) is 2.08. The number of phenols is 2. The largest absolute Gasteiger partial charge is 0.504 e. The summed E-state index contributed by atoms with van der Waals surface area (Å²) in [6.45, 7) is 1.12. The Hall–Kier alpha value is -1.26. The van der Waals surface area contributed by atoms with E-state index in [0.29, 0.717) is 18.8 Å². The van der Waals surface area contributed by atoms with Crippen LogP contribution in [0.15, 0.2) is 18.2 Å². The topological polar surface area (TPSA) is 58.9 Å². The highest BCUT2D eigenvalue weighted by Crippen LogP contribution is 2.30. The van der Waals surface area contributed by atoms with E-state index in [1.807, 2.05) is 0 Å². The molecule has 1 aliphatic heterocycles. The van der Waals surface area contributed by atoms with Crippen molar-refractivity contribution in [2.24, 2.45) is 0 Å².